The maximum Gasteiger partial charge on any atom is 0.0469 e. The number of rotatable bonds is 9. The highest BCUT2D eigenvalue weighted by atomic mass is 32.1. The van der Waals surface area contributed by atoms with Crippen LogP contribution in [0.1, 0.15) is 33.4 Å². The molecule has 0 aliphatic carbocycles. The Morgan fingerprint density at radius 1 is 0.370 bits per heavy atom. The normalized spacial score (nSPS) is 12.4. The first-order valence-electron chi connectivity index (χ1n) is 15.9. The van der Waals surface area contributed by atoms with Crippen LogP contribution in [-0.2, 0) is 0 Å². The summed E-state index contributed by atoms with van der Waals surface area (Å²) in [5, 5.41) is 13.3. The van der Waals surface area contributed by atoms with Gasteiger partial charge in [-0.15, -0.1) is 0 Å². The van der Waals surface area contributed by atoms with Crippen LogP contribution in [0.5, 0.6) is 0 Å². The van der Waals surface area contributed by atoms with Crippen LogP contribution in [0.2, 0.25) is 0 Å². The lowest BCUT2D eigenvalue weighted by Gasteiger charge is -2.33. The topological polar surface area (TPSA) is 24.1 Å². The molecule has 0 fully saturated rings. The molecule has 2 unspecified atom stereocenters. The quantitative estimate of drug-likeness (QED) is 0.154. The summed E-state index contributed by atoms with van der Waals surface area (Å²) >= 11 is 0. The zero-order valence-electron chi connectivity index (χ0n) is 27.6. The average Bonchev–Trinajstić information content (AvgIpc) is 3.05. The van der Waals surface area contributed by atoms with Crippen molar-refractivity contribution in [2.45, 2.75) is 41.5 Å². The van der Waals surface area contributed by atoms with Crippen LogP contribution >= 0.6 is 15.2 Å². The molecule has 6 aromatic rings. The fourth-order valence-corrected chi connectivity index (χ4v) is 14.5. The Morgan fingerprint density at radius 2 is 0.674 bits per heavy atom. The Balaban J connectivity index is 1.57. The van der Waals surface area contributed by atoms with Gasteiger partial charge in [-0.05, 0) is 102 Å². The average molecular weight is 637 g/mol. The SMILES string of the molecule is Cc1cc(C)c(Nc2ccccc2P(c2ccccc2)P(c2ccccc2)c2ccccc2Nc2c(C)cc(C)cc2C)c(C)c1. The van der Waals surface area contributed by atoms with Crippen molar-refractivity contribution in [2.75, 3.05) is 10.6 Å². The number of anilines is 4. The van der Waals surface area contributed by atoms with Gasteiger partial charge in [-0.3, -0.25) is 0 Å². The number of hydrogen-bond acceptors (Lipinski definition) is 2. The van der Waals surface area contributed by atoms with Gasteiger partial charge in [-0.2, -0.15) is 0 Å². The van der Waals surface area contributed by atoms with Gasteiger partial charge in [0.05, 0.1) is 0 Å². The molecule has 0 amide bonds. The van der Waals surface area contributed by atoms with Crippen molar-refractivity contribution in [3.05, 3.63) is 167 Å². The molecule has 4 heteroatoms. The van der Waals surface area contributed by atoms with Crippen molar-refractivity contribution in [3.63, 3.8) is 0 Å². The van der Waals surface area contributed by atoms with E-state index in [-0.39, 0.29) is 0 Å². The largest absolute Gasteiger partial charge is 0.355 e. The standard InChI is InChI=1S/C42H42N2P2/c1-29-25-31(3)41(32(4)26-29)43-37-21-13-15-23-39(37)45(35-17-9-7-10-18-35)46(36-19-11-8-12-20-36)40-24-16-14-22-38(40)44-42-33(5)27-30(2)28-34(42)6/h7-28,43-44H,1-6H3. The van der Waals surface area contributed by atoms with Crippen molar-refractivity contribution in [3.8, 4) is 0 Å². The lowest BCUT2D eigenvalue weighted by atomic mass is 10.0. The summed E-state index contributed by atoms with van der Waals surface area (Å²) in [6.07, 6.45) is 0. The second kappa shape index (κ2) is 14.0. The Morgan fingerprint density at radius 3 is 1.02 bits per heavy atom. The Kier molecular flexibility index (Phi) is 9.70. The van der Waals surface area contributed by atoms with Crippen LogP contribution in [-0.4, -0.2) is 0 Å². The summed E-state index contributed by atoms with van der Waals surface area (Å²) < 4.78 is 0. The number of aryl methyl sites for hydroxylation is 6. The van der Waals surface area contributed by atoms with Crippen LogP contribution in [0.15, 0.2) is 133 Å². The molecule has 2 nitrogen and oxygen atoms in total. The molecule has 2 atom stereocenters. The van der Waals surface area contributed by atoms with Gasteiger partial charge in [0.15, 0.2) is 0 Å². The Hall–Kier alpha value is -4.22. The van der Waals surface area contributed by atoms with Crippen molar-refractivity contribution in [2.24, 2.45) is 0 Å². The van der Waals surface area contributed by atoms with E-state index in [1.165, 1.54) is 77.3 Å². The summed E-state index contributed by atoms with van der Waals surface area (Å²) in [5.41, 5.74) is 12.4. The molecule has 0 saturated heterocycles. The number of hydrogen-bond donors (Lipinski definition) is 2. The van der Waals surface area contributed by atoms with E-state index < -0.39 is 15.2 Å². The third-order valence-corrected chi connectivity index (χ3v) is 15.9. The van der Waals surface area contributed by atoms with Crippen molar-refractivity contribution in [1.82, 2.24) is 0 Å². The fraction of sp³-hybridized carbons (Fsp3) is 0.143. The summed E-state index contributed by atoms with van der Waals surface area (Å²) in [4.78, 5) is 0. The number of benzene rings is 6. The van der Waals surface area contributed by atoms with Gasteiger partial charge in [0.1, 0.15) is 0 Å². The molecular weight excluding hydrogens is 594 g/mol. The van der Waals surface area contributed by atoms with Gasteiger partial charge in [-0.1, -0.05) is 132 Å². The van der Waals surface area contributed by atoms with E-state index >= 15 is 0 Å². The lowest BCUT2D eigenvalue weighted by molar-refractivity contribution is 1.31. The van der Waals surface area contributed by atoms with Crippen LogP contribution in [0, 0.1) is 41.5 Å². The van der Waals surface area contributed by atoms with Crippen LogP contribution in [0.4, 0.5) is 22.7 Å². The molecule has 6 rings (SSSR count). The highest BCUT2D eigenvalue weighted by Crippen LogP contribution is 2.67. The molecule has 0 aromatic heterocycles. The molecular formula is C42H42N2P2. The summed E-state index contributed by atoms with van der Waals surface area (Å²) in [7, 11) is -1.72. The molecule has 2 N–H and O–H groups in total. The zero-order valence-corrected chi connectivity index (χ0v) is 29.4. The van der Waals surface area contributed by atoms with E-state index in [1.807, 2.05) is 0 Å². The van der Waals surface area contributed by atoms with Gasteiger partial charge in [-0.25, -0.2) is 0 Å². The molecule has 0 heterocycles. The number of nitrogens with one attached hydrogen (secondary N) is 2. The summed E-state index contributed by atoms with van der Waals surface area (Å²) in [6.45, 7) is 13.2. The fourth-order valence-electron chi connectivity index (χ4n) is 6.41. The van der Waals surface area contributed by atoms with Crippen LogP contribution < -0.4 is 31.9 Å². The third kappa shape index (κ3) is 6.80. The minimum atomic E-state index is -0.858. The smallest absolute Gasteiger partial charge is 0.0469 e. The molecule has 0 spiro atoms. The van der Waals surface area contributed by atoms with Gasteiger partial charge >= 0.3 is 0 Å². The second-order valence-corrected chi connectivity index (χ2v) is 17.8. The highest BCUT2D eigenvalue weighted by molar-refractivity contribution is 8.41. The molecule has 46 heavy (non-hydrogen) atoms. The predicted octanol–water partition coefficient (Wildman–Crippen LogP) is 10.5. The second-order valence-electron chi connectivity index (χ2n) is 12.1. The third-order valence-electron chi connectivity index (χ3n) is 8.34. The maximum absolute atomic E-state index is 3.93. The van der Waals surface area contributed by atoms with Crippen LogP contribution in [0.3, 0.4) is 0 Å². The molecule has 0 aliphatic rings. The van der Waals surface area contributed by atoms with E-state index in [0.717, 1.165) is 0 Å². The maximum atomic E-state index is 3.93. The van der Waals surface area contributed by atoms with E-state index in [4.69, 9.17) is 0 Å². The number of para-hydroxylation sites is 2. The van der Waals surface area contributed by atoms with Gasteiger partial charge < -0.3 is 10.6 Å². The predicted molar refractivity (Wildman–Crippen MR) is 206 cm³/mol. The molecule has 0 aliphatic heterocycles. The van der Waals surface area contributed by atoms with Gasteiger partial charge in [0, 0.05) is 33.4 Å². The lowest BCUT2D eigenvalue weighted by Crippen LogP contribution is -2.23. The first-order valence-corrected chi connectivity index (χ1v) is 19.3. The minimum absolute atomic E-state index is 0.858. The summed E-state index contributed by atoms with van der Waals surface area (Å²) in [5.74, 6) is 0. The minimum Gasteiger partial charge on any atom is -0.355 e. The highest BCUT2D eigenvalue weighted by Gasteiger charge is 2.31. The monoisotopic (exact) mass is 636 g/mol. The first kappa shape index (κ1) is 31.7. The summed E-state index contributed by atoms with van der Waals surface area (Å²) in [6, 6.07) is 49.3. The molecule has 230 valence electrons. The van der Waals surface area contributed by atoms with Crippen molar-refractivity contribution >= 4 is 59.2 Å². The van der Waals surface area contributed by atoms with E-state index in [2.05, 4.69) is 186 Å². The van der Waals surface area contributed by atoms with E-state index in [0.29, 0.717) is 0 Å². The zero-order chi connectivity index (χ0) is 32.2. The molecule has 0 saturated carbocycles. The van der Waals surface area contributed by atoms with Crippen molar-refractivity contribution in [1.29, 1.82) is 0 Å². The van der Waals surface area contributed by atoms with E-state index in [1.54, 1.807) is 0 Å². The Labute approximate surface area is 277 Å². The molecule has 0 radical (unpaired) electrons. The van der Waals surface area contributed by atoms with Gasteiger partial charge in [0.25, 0.3) is 0 Å². The van der Waals surface area contributed by atoms with E-state index in [9.17, 15) is 0 Å². The van der Waals surface area contributed by atoms with Crippen LogP contribution in [0.25, 0.3) is 0 Å². The Bertz CT molecular complexity index is 1780. The van der Waals surface area contributed by atoms with Gasteiger partial charge in [0.2, 0.25) is 0 Å². The first-order chi connectivity index (χ1) is 22.3. The molecule has 0 bridgehead atoms. The van der Waals surface area contributed by atoms with Crippen molar-refractivity contribution < 1.29 is 0 Å². The molecule has 6 aromatic carbocycles.